The van der Waals surface area contributed by atoms with Crippen molar-refractivity contribution in [3.8, 4) is 5.75 Å². The molecular formula is C21H27N4O3S+. The van der Waals surface area contributed by atoms with Crippen LogP contribution in [0.1, 0.15) is 11.3 Å². The van der Waals surface area contributed by atoms with E-state index in [-0.39, 0.29) is 5.56 Å². The third kappa shape index (κ3) is 5.58. The van der Waals surface area contributed by atoms with Gasteiger partial charge < -0.3 is 29.3 Å². The number of likely N-dealkylation sites (N-methyl/N-ethyl adjacent to an activating group) is 1. The van der Waals surface area contributed by atoms with Crippen LogP contribution in [0, 0.1) is 0 Å². The van der Waals surface area contributed by atoms with Crippen molar-refractivity contribution in [2.75, 3.05) is 34.3 Å². The van der Waals surface area contributed by atoms with Gasteiger partial charge in [0.2, 0.25) is 0 Å². The molecular weight excluding hydrogens is 388 g/mol. The fourth-order valence-electron chi connectivity index (χ4n) is 2.98. The molecule has 0 aliphatic heterocycles. The fraction of sp³-hybridized carbons (Fsp3) is 0.333. The Morgan fingerprint density at radius 1 is 1.31 bits per heavy atom. The Labute approximate surface area is 175 Å². The molecule has 0 atom stereocenters. The molecule has 0 spiro atoms. The first kappa shape index (κ1) is 20.9. The number of aromatic amines is 1. The molecule has 3 aromatic rings. The predicted octanol–water partition coefficient (Wildman–Crippen LogP) is 1.15. The molecule has 0 unspecified atom stereocenters. The molecule has 2 aromatic heterocycles. The number of hydrogen-bond acceptors (Lipinski definition) is 4. The number of fused-ring (bicyclic) bond motifs is 1. The van der Waals surface area contributed by atoms with Gasteiger partial charge in [-0.2, -0.15) is 0 Å². The number of rotatable bonds is 8. The average Bonchev–Trinajstić information content (AvgIpc) is 3.22. The summed E-state index contributed by atoms with van der Waals surface area (Å²) in [6, 6.07) is 11.2. The molecule has 29 heavy (non-hydrogen) atoms. The van der Waals surface area contributed by atoms with Crippen LogP contribution < -0.4 is 20.5 Å². The van der Waals surface area contributed by atoms with Gasteiger partial charge in [0.1, 0.15) is 11.5 Å². The average molecular weight is 416 g/mol. The van der Waals surface area contributed by atoms with Crippen molar-refractivity contribution in [1.29, 1.82) is 0 Å². The van der Waals surface area contributed by atoms with Crippen LogP contribution >= 0.6 is 12.2 Å². The van der Waals surface area contributed by atoms with Crippen LogP contribution in [0.5, 0.6) is 5.75 Å². The molecule has 154 valence electrons. The maximum absolute atomic E-state index is 12.6. The van der Waals surface area contributed by atoms with Gasteiger partial charge in [-0.05, 0) is 48.6 Å². The smallest absolute Gasteiger partial charge is 0.253 e. The number of methoxy groups -OCH3 is 1. The summed E-state index contributed by atoms with van der Waals surface area (Å²) in [5.41, 5.74) is 1.32. The van der Waals surface area contributed by atoms with Gasteiger partial charge in [-0.25, -0.2) is 0 Å². The van der Waals surface area contributed by atoms with E-state index in [0.29, 0.717) is 23.8 Å². The lowest BCUT2D eigenvalue weighted by atomic mass is 10.1. The molecule has 3 rings (SSSR count). The Morgan fingerprint density at radius 2 is 2.14 bits per heavy atom. The van der Waals surface area contributed by atoms with Gasteiger partial charge >= 0.3 is 0 Å². The third-order valence-electron chi connectivity index (χ3n) is 4.65. The number of pyridine rings is 1. The van der Waals surface area contributed by atoms with Crippen molar-refractivity contribution < 1.29 is 14.1 Å². The first-order valence-electron chi connectivity index (χ1n) is 9.50. The lowest BCUT2D eigenvalue weighted by Crippen LogP contribution is -3.06. The van der Waals surface area contributed by atoms with Crippen LogP contribution in [0.25, 0.3) is 10.9 Å². The van der Waals surface area contributed by atoms with E-state index in [9.17, 15) is 4.79 Å². The third-order valence-corrected chi connectivity index (χ3v) is 5.05. The Hall–Kier alpha value is -2.84. The molecule has 0 saturated carbocycles. The minimum Gasteiger partial charge on any atom is -0.497 e. The number of hydrogen-bond donors (Lipinski definition) is 3. The molecule has 0 aliphatic rings. The summed E-state index contributed by atoms with van der Waals surface area (Å²) in [4.78, 5) is 18.9. The van der Waals surface area contributed by atoms with E-state index in [1.807, 2.05) is 41.3 Å². The van der Waals surface area contributed by atoms with E-state index in [1.165, 1.54) is 4.90 Å². The molecule has 0 aliphatic carbocycles. The van der Waals surface area contributed by atoms with E-state index in [0.717, 1.165) is 35.5 Å². The van der Waals surface area contributed by atoms with Crippen LogP contribution in [-0.2, 0) is 13.1 Å². The number of quaternary nitrogens is 1. The number of nitrogens with zero attached hydrogens (tertiary/aromatic N) is 1. The van der Waals surface area contributed by atoms with E-state index in [1.54, 1.807) is 13.4 Å². The zero-order valence-electron chi connectivity index (χ0n) is 17.0. The summed E-state index contributed by atoms with van der Waals surface area (Å²) < 4.78 is 10.7. The Morgan fingerprint density at radius 3 is 2.83 bits per heavy atom. The Bertz CT molecular complexity index is 1010. The quantitative estimate of drug-likeness (QED) is 0.480. The van der Waals surface area contributed by atoms with Crippen molar-refractivity contribution in [3.05, 3.63) is 64.3 Å². The molecule has 8 heteroatoms. The summed E-state index contributed by atoms with van der Waals surface area (Å²) >= 11 is 5.61. The maximum Gasteiger partial charge on any atom is 0.253 e. The minimum atomic E-state index is -0.112. The van der Waals surface area contributed by atoms with Gasteiger partial charge in [0, 0.05) is 16.5 Å². The first-order valence-corrected chi connectivity index (χ1v) is 9.91. The van der Waals surface area contributed by atoms with Crippen molar-refractivity contribution in [1.82, 2.24) is 15.2 Å². The van der Waals surface area contributed by atoms with E-state index in [4.69, 9.17) is 21.4 Å². The lowest BCUT2D eigenvalue weighted by molar-refractivity contribution is -0.857. The second kappa shape index (κ2) is 9.58. The second-order valence-corrected chi connectivity index (χ2v) is 7.58. The number of thiocarbonyl (C=S) groups is 1. The fourth-order valence-corrected chi connectivity index (χ4v) is 3.21. The van der Waals surface area contributed by atoms with E-state index >= 15 is 0 Å². The highest BCUT2D eigenvalue weighted by molar-refractivity contribution is 7.80. The van der Waals surface area contributed by atoms with Crippen molar-refractivity contribution in [2.24, 2.45) is 0 Å². The highest BCUT2D eigenvalue weighted by Crippen LogP contribution is 2.19. The van der Waals surface area contributed by atoms with Gasteiger partial charge in [0.25, 0.3) is 5.56 Å². The van der Waals surface area contributed by atoms with Crippen LogP contribution in [-0.4, -0.2) is 49.3 Å². The molecule has 7 nitrogen and oxygen atoms in total. The van der Waals surface area contributed by atoms with Gasteiger partial charge in [0.15, 0.2) is 5.11 Å². The summed E-state index contributed by atoms with van der Waals surface area (Å²) in [7, 11) is 5.81. The van der Waals surface area contributed by atoms with Crippen LogP contribution in [0.3, 0.4) is 0 Å². The molecule has 0 bridgehead atoms. The highest BCUT2D eigenvalue weighted by atomic mass is 32.1. The van der Waals surface area contributed by atoms with Gasteiger partial charge in [-0.1, -0.05) is 0 Å². The number of furan rings is 1. The largest absolute Gasteiger partial charge is 0.497 e. The minimum absolute atomic E-state index is 0.112. The molecule has 3 N–H and O–H groups in total. The molecule has 1 aromatic carbocycles. The van der Waals surface area contributed by atoms with Crippen molar-refractivity contribution >= 4 is 28.2 Å². The highest BCUT2D eigenvalue weighted by Gasteiger charge is 2.15. The molecule has 2 heterocycles. The summed E-state index contributed by atoms with van der Waals surface area (Å²) in [5, 5.41) is 4.74. The number of nitrogens with one attached hydrogen (secondary N) is 3. The monoisotopic (exact) mass is 415 g/mol. The zero-order valence-corrected chi connectivity index (χ0v) is 17.8. The SMILES string of the molecule is COc1ccc2[nH]c(=O)c(CN(CC[NH+](C)C)C(=S)NCc3ccco3)cc2c1. The molecule has 0 radical (unpaired) electrons. The summed E-state index contributed by atoms with van der Waals surface area (Å²) in [6.45, 7) is 2.53. The van der Waals surface area contributed by atoms with Gasteiger partial charge in [-0.15, -0.1) is 0 Å². The maximum atomic E-state index is 12.6. The Kier molecular flexibility index (Phi) is 6.90. The van der Waals surface area contributed by atoms with Crippen LogP contribution in [0.4, 0.5) is 0 Å². The second-order valence-electron chi connectivity index (χ2n) is 7.19. The summed E-state index contributed by atoms with van der Waals surface area (Å²) in [6.07, 6.45) is 1.64. The van der Waals surface area contributed by atoms with Gasteiger partial charge in [0.05, 0.1) is 53.6 Å². The van der Waals surface area contributed by atoms with Crippen molar-refractivity contribution in [3.63, 3.8) is 0 Å². The van der Waals surface area contributed by atoms with Gasteiger partial charge in [-0.3, -0.25) is 4.79 Å². The Balaban J connectivity index is 1.80. The molecule has 0 amide bonds. The standard InChI is InChI=1S/C21H26N4O3S/c1-24(2)8-9-25(21(29)22-13-18-5-4-10-28-18)14-16-11-15-12-17(27-3)6-7-19(15)23-20(16)26/h4-7,10-12H,8-9,13-14H2,1-3H3,(H,22,29)(H,23,26)/p+1. The zero-order chi connectivity index (χ0) is 20.8. The number of H-pyrrole nitrogens is 1. The van der Waals surface area contributed by atoms with Crippen molar-refractivity contribution in [2.45, 2.75) is 13.1 Å². The lowest BCUT2D eigenvalue weighted by Gasteiger charge is -2.26. The molecule has 0 saturated heterocycles. The van der Waals surface area contributed by atoms with Crippen LogP contribution in [0.15, 0.2) is 51.9 Å². The summed E-state index contributed by atoms with van der Waals surface area (Å²) in [5.74, 6) is 1.56. The number of aromatic nitrogens is 1. The topological polar surface area (TPSA) is 74.9 Å². The number of benzene rings is 1. The first-order chi connectivity index (χ1) is 14.0. The van der Waals surface area contributed by atoms with E-state index in [2.05, 4.69) is 24.4 Å². The van der Waals surface area contributed by atoms with E-state index < -0.39 is 0 Å². The molecule has 0 fully saturated rings. The predicted molar refractivity (Wildman–Crippen MR) is 117 cm³/mol. The normalized spacial score (nSPS) is 11.0. The number of ether oxygens (including phenoxy) is 1. The van der Waals surface area contributed by atoms with Crippen LogP contribution in [0.2, 0.25) is 0 Å².